The lowest BCUT2D eigenvalue weighted by atomic mass is 10.0. The summed E-state index contributed by atoms with van der Waals surface area (Å²) >= 11 is 1.41. The van der Waals surface area contributed by atoms with Crippen LogP contribution in [0.2, 0.25) is 0 Å². The maximum absolute atomic E-state index is 10.4. The minimum atomic E-state index is -0.972. The fourth-order valence-electron chi connectivity index (χ4n) is 2.91. The summed E-state index contributed by atoms with van der Waals surface area (Å²) in [6.45, 7) is 0.503. The molecule has 28 heavy (non-hydrogen) atoms. The maximum atomic E-state index is 10.4. The van der Waals surface area contributed by atoms with Crippen molar-refractivity contribution >= 4 is 17.9 Å². The number of benzene rings is 2. The highest BCUT2D eigenvalue weighted by atomic mass is 32.2. The van der Waals surface area contributed by atoms with Crippen molar-refractivity contribution in [2.75, 3.05) is 6.54 Å². The lowest BCUT2D eigenvalue weighted by Gasteiger charge is -2.11. The standard InChI is InChI=1S/C21H27NO5S/c23-16-8-10-19(28-20-11-9-17(24)14-18(20)25)15(13-16)7-5-3-1-2-4-6-12-22-21(26)27/h8-11,13-14,22-25H,1-7,12H2,(H,26,27). The fraction of sp³-hybridized carbons (Fsp3) is 0.381. The molecule has 0 aliphatic rings. The zero-order valence-electron chi connectivity index (χ0n) is 15.7. The second kappa shape index (κ2) is 11.3. The fourth-order valence-corrected chi connectivity index (χ4v) is 3.88. The van der Waals surface area contributed by atoms with Gasteiger partial charge < -0.3 is 25.7 Å². The van der Waals surface area contributed by atoms with Crippen molar-refractivity contribution in [2.45, 2.75) is 54.7 Å². The molecule has 2 aromatic rings. The van der Waals surface area contributed by atoms with E-state index in [1.165, 1.54) is 23.9 Å². The zero-order valence-corrected chi connectivity index (χ0v) is 16.5. The number of phenols is 3. The number of carboxylic acid groups (broad SMARTS) is 1. The lowest BCUT2D eigenvalue weighted by Crippen LogP contribution is -2.21. The largest absolute Gasteiger partial charge is 0.508 e. The van der Waals surface area contributed by atoms with E-state index in [1.54, 1.807) is 18.2 Å². The van der Waals surface area contributed by atoms with Gasteiger partial charge in [-0.2, -0.15) is 0 Å². The second-order valence-electron chi connectivity index (χ2n) is 6.65. The molecule has 0 spiro atoms. The van der Waals surface area contributed by atoms with Gasteiger partial charge in [-0.05, 0) is 55.2 Å². The molecule has 0 bridgehead atoms. The van der Waals surface area contributed by atoms with Crippen molar-refractivity contribution in [1.82, 2.24) is 5.32 Å². The number of aromatic hydroxyl groups is 3. The first-order valence-corrected chi connectivity index (χ1v) is 10.3. The minimum Gasteiger partial charge on any atom is -0.508 e. The molecule has 0 radical (unpaired) electrons. The van der Waals surface area contributed by atoms with Gasteiger partial charge in [0, 0.05) is 17.5 Å². The molecule has 0 aliphatic heterocycles. The Bertz CT molecular complexity index is 781. The van der Waals surface area contributed by atoms with Crippen LogP contribution in [0.25, 0.3) is 0 Å². The van der Waals surface area contributed by atoms with Gasteiger partial charge in [-0.15, -0.1) is 0 Å². The Balaban J connectivity index is 1.80. The molecule has 6 nitrogen and oxygen atoms in total. The van der Waals surface area contributed by atoms with Crippen molar-refractivity contribution in [3.8, 4) is 17.2 Å². The van der Waals surface area contributed by atoms with Gasteiger partial charge in [0.25, 0.3) is 0 Å². The number of unbranched alkanes of at least 4 members (excludes halogenated alkanes) is 5. The topological polar surface area (TPSA) is 110 Å². The van der Waals surface area contributed by atoms with Crippen LogP contribution in [0.1, 0.15) is 44.1 Å². The molecular formula is C21H27NO5S. The first kappa shape index (κ1) is 21.8. The Morgan fingerprint density at radius 1 is 0.821 bits per heavy atom. The number of hydrogen-bond donors (Lipinski definition) is 5. The number of phenolic OH excluding ortho intramolecular Hbond substituents is 3. The van der Waals surface area contributed by atoms with Gasteiger partial charge in [0.1, 0.15) is 17.2 Å². The number of rotatable bonds is 11. The van der Waals surface area contributed by atoms with Crippen LogP contribution in [0.5, 0.6) is 17.2 Å². The molecule has 152 valence electrons. The molecule has 0 heterocycles. The predicted molar refractivity (Wildman–Crippen MR) is 109 cm³/mol. The number of amides is 1. The van der Waals surface area contributed by atoms with Crippen molar-refractivity contribution in [3.05, 3.63) is 42.0 Å². The highest BCUT2D eigenvalue weighted by Gasteiger charge is 2.10. The van der Waals surface area contributed by atoms with Crippen LogP contribution in [-0.2, 0) is 6.42 Å². The van der Waals surface area contributed by atoms with Gasteiger partial charge >= 0.3 is 6.09 Å². The summed E-state index contributed by atoms with van der Waals surface area (Å²) in [5.74, 6) is 0.271. The first-order chi connectivity index (χ1) is 13.5. The second-order valence-corrected chi connectivity index (χ2v) is 7.73. The third-order valence-corrected chi connectivity index (χ3v) is 5.54. The molecule has 5 N–H and O–H groups in total. The van der Waals surface area contributed by atoms with Crippen LogP contribution < -0.4 is 5.32 Å². The smallest absolute Gasteiger partial charge is 0.404 e. The molecular weight excluding hydrogens is 378 g/mol. The summed E-state index contributed by atoms with van der Waals surface area (Å²) in [6.07, 6.45) is 5.94. The molecule has 2 aromatic carbocycles. The minimum absolute atomic E-state index is 0.0199. The molecule has 1 amide bonds. The Hall–Kier alpha value is -2.54. The summed E-state index contributed by atoms with van der Waals surface area (Å²) in [7, 11) is 0. The predicted octanol–water partition coefficient (Wildman–Crippen LogP) is 5.11. The van der Waals surface area contributed by atoms with Crippen LogP contribution in [0.15, 0.2) is 46.2 Å². The van der Waals surface area contributed by atoms with E-state index in [4.69, 9.17) is 5.11 Å². The molecule has 0 atom stereocenters. The summed E-state index contributed by atoms with van der Waals surface area (Å²) < 4.78 is 0. The van der Waals surface area contributed by atoms with E-state index in [-0.39, 0.29) is 17.2 Å². The summed E-state index contributed by atoms with van der Waals surface area (Å²) in [4.78, 5) is 12.0. The molecule has 0 saturated heterocycles. The molecule has 0 fully saturated rings. The van der Waals surface area contributed by atoms with Crippen molar-refractivity contribution in [2.24, 2.45) is 0 Å². The molecule has 0 aliphatic carbocycles. The molecule has 0 aromatic heterocycles. The highest BCUT2D eigenvalue weighted by Crippen LogP contribution is 2.39. The average molecular weight is 406 g/mol. The summed E-state index contributed by atoms with van der Waals surface area (Å²) in [5, 5.41) is 40.1. The van der Waals surface area contributed by atoms with E-state index < -0.39 is 6.09 Å². The van der Waals surface area contributed by atoms with E-state index in [2.05, 4.69) is 5.32 Å². The highest BCUT2D eigenvalue weighted by molar-refractivity contribution is 7.99. The van der Waals surface area contributed by atoms with Crippen LogP contribution >= 0.6 is 11.8 Å². The van der Waals surface area contributed by atoms with E-state index in [0.717, 1.165) is 55.4 Å². The normalized spacial score (nSPS) is 10.7. The van der Waals surface area contributed by atoms with Crippen LogP contribution in [0.4, 0.5) is 4.79 Å². The third-order valence-electron chi connectivity index (χ3n) is 4.36. The molecule has 2 rings (SSSR count). The van der Waals surface area contributed by atoms with Gasteiger partial charge in [-0.3, -0.25) is 0 Å². The summed E-state index contributed by atoms with van der Waals surface area (Å²) in [5.41, 5.74) is 1.03. The Morgan fingerprint density at radius 2 is 1.43 bits per heavy atom. The maximum Gasteiger partial charge on any atom is 0.404 e. The first-order valence-electron chi connectivity index (χ1n) is 9.44. The Labute approximate surface area is 169 Å². The quantitative estimate of drug-likeness (QED) is 0.333. The van der Waals surface area contributed by atoms with Gasteiger partial charge in [0.05, 0.1) is 4.90 Å². The van der Waals surface area contributed by atoms with Crippen LogP contribution in [0.3, 0.4) is 0 Å². The molecule has 0 unspecified atom stereocenters. The van der Waals surface area contributed by atoms with Crippen LogP contribution in [-0.4, -0.2) is 33.1 Å². The average Bonchev–Trinajstić information content (AvgIpc) is 2.64. The molecule has 0 saturated carbocycles. The van der Waals surface area contributed by atoms with Gasteiger partial charge in [-0.25, -0.2) is 4.79 Å². The number of aryl methyl sites for hydroxylation is 1. The van der Waals surface area contributed by atoms with Crippen LogP contribution in [0, 0.1) is 0 Å². The summed E-state index contributed by atoms with van der Waals surface area (Å²) in [6, 6.07) is 9.76. The number of carbonyl (C=O) groups is 1. The van der Waals surface area contributed by atoms with E-state index >= 15 is 0 Å². The van der Waals surface area contributed by atoms with E-state index in [1.807, 2.05) is 6.07 Å². The van der Waals surface area contributed by atoms with Gasteiger partial charge in [0.15, 0.2) is 0 Å². The number of hydrogen-bond acceptors (Lipinski definition) is 5. The van der Waals surface area contributed by atoms with Crippen molar-refractivity contribution in [1.29, 1.82) is 0 Å². The van der Waals surface area contributed by atoms with Gasteiger partial charge in [-0.1, -0.05) is 37.4 Å². The van der Waals surface area contributed by atoms with Gasteiger partial charge in [0.2, 0.25) is 0 Å². The van der Waals surface area contributed by atoms with Crippen molar-refractivity contribution in [3.63, 3.8) is 0 Å². The monoisotopic (exact) mass is 405 g/mol. The third kappa shape index (κ3) is 7.60. The zero-order chi connectivity index (χ0) is 20.4. The van der Waals surface area contributed by atoms with E-state index in [9.17, 15) is 20.1 Å². The van der Waals surface area contributed by atoms with E-state index in [0.29, 0.717) is 11.4 Å². The lowest BCUT2D eigenvalue weighted by molar-refractivity contribution is 0.194. The number of nitrogens with one attached hydrogen (secondary N) is 1. The van der Waals surface area contributed by atoms with Crippen molar-refractivity contribution < 1.29 is 25.2 Å². The Kier molecular flexibility index (Phi) is 8.81. The Morgan fingerprint density at radius 3 is 2.11 bits per heavy atom. The SMILES string of the molecule is O=C(O)NCCCCCCCCc1cc(O)ccc1Sc1ccc(O)cc1O. The molecule has 7 heteroatoms.